The summed E-state index contributed by atoms with van der Waals surface area (Å²) < 4.78 is 0. The van der Waals surface area contributed by atoms with Crippen LogP contribution in [0.15, 0.2) is 84.0 Å². The zero-order chi connectivity index (χ0) is 19.1. The van der Waals surface area contributed by atoms with Crippen molar-refractivity contribution in [2.75, 3.05) is 16.0 Å². The molecule has 1 heterocycles. The number of carbonyl (C=O) groups is 1. The van der Waals surface area contributed by atoms with Crippen LogP contribution in [0.25, 0.3) is 0 Å². The lowest BCUT2D eigenvalue weighted by Gasteiger charge is -2.29. The van der Waals surface area contributed by atoms with Crippen LogP contribution in [0.3, 0.4) is 0 Å². The van der Waals surface area contributed by atoms with Gasteiger partial charge >= 0.3 is 0 Å². The molecule has 0 fully saturated rings. The van der Waals surface area contributed by atoms with E-state index in [4.69, 9.17) is 0 Å². The normalized spacial score (nSPS) is 10.6. The maximum Gasteiger partial charge on any atom is 0.234 e. The van der Waals surface area contributed by atoms with Crippen LogP contribution in [0.2, 0.25) is 0 Å². The second kappa shape index (κ2) is 9.24. The van der Waals surface area contributed by atoms with Crippen molar-refractivity contribution in [3.05, 3.63) is 79.0 Å². The topological polar surface area (TPSA) is 45.2 Å². The van der Waals surface area contributed by atoms with Gasteiger partial charge in [0, 0.05) is 29.3 Å². The average molecular weight is 378 g/mol. The van der Waals surface area contributed by atoms with Gasteiger partial charge in [0.2, 0.25) is 5.91 Å². The lowest BCUT2D eigenvalue weighted by atomic mass is 10.2. The molecule has 0 radical (unpaired) electrons. The summed E-state index contributed by atoms with van der Waals surface area (Å²) in [6.07, 6.45) is 1.73. The molecule has 0 aliphatic heterocycles. The standard InChI is InChI=1S/C22H23N3OS/c1-17(2)25(19-8-4-3-5-9-19)20-13-11-18(12-14-20)24-21(26)16-27-22-10-6-7-15-23-22/h3-15,17H,16H2,1-2H3,(H,24,26). The summed E-state index contributed by atoms with van der Waals surface area (Å²) in [6.45, 7) is 4.33. The predicted molar refractivity (Wildman–Crippen MR) is 114 cm³/mol. The number of benzene rings is 2. The van der Waals surface area contributed by atoms with Crippen LogP contribution in [0.5, 0.6) is 0 Å². The zero-order valence-corrected chi connectivity index (χ0v) is 16.3. The second-order valence-corrected chi connectivity index (χ2v) is 7.35. The molecule has 0 aliphatic rings. The van der Waals surface area contributed by atoms with Gasteiger partial charge in [0.15, 0.2) is 0 Å². The number of para-hydroxylation sites is 1. The third kappa shape index (κ3) is 5.34. The third-order valence-corrected chi connectivity index (χ3v) is 4.91. The Bertz CT molecular complexity index is 852. The number of amides is 1. The number of anilines is 3. The fourth-order valence-corrected chi connectivity index (χ4v) is 3.47. The van der Waals surface area contributed by atoms with Gasteiger partial charge in [0.05, 0.1) is 10.8 Å². The van der Waals surface area contributed by atoms with Gasteiger partial charge in [-0.15, -0.1) is 0 Å². The van der Waals surface area contributed by atoms with Gasteiger partial charge in [0.25, 0.3) is 0 Å². The van der Waals surface area contributed by atoms with Gasteiger partial charge < -0.3 is 10.2 Å². The molecular formula is C22H23N3OS. The first-order chi connectivity index (χ1) is 13.1. The molecule has 1 aromatic heterocycles. The van der Waals surface area contributed by atoms with Crippen molar-refractivity contribution in [3.8, 4) is 0 Å². The van der Waals surface area contributed by atoms with E-state index in [0.29, 0.717) is 11.8 Å². The second-order valence-electron chi connectivity index (χ2n) is 6.35. The molecule has 27 heavy (non-hydrogen) atoms. The van der Waals surface area contributed by atoms with Crippen LogP contribution in [-0.2, 0) is 4.79 Å². The third-order valence-electron chi connectivity index (χ3n) is 3.97. The summed E-state index contributed by atoms with van der Waals surface area (Å²) in [5.41, 5.74) is 3.04. The van der Waals surface area contributed by atoms with Crippen LogP contribution in [0.1, 0.15) is 13.8 Å². The number of thioether (sulfide) groups is 1. The Labute approximate surface area is 164 Å². The van der Waals surface area contributed by atoms with Crippen LogP contribution in [0, 0.1) is 0 Å². The zero-order valence-electron chi connectivity index (χ0n) is 15.5. The Morgan fingerprint density at radius 2 is 1.63 bits per heavy atom. The molecule has 1 N–H and O–H groups in total. The number of rotatable bonds is 7. The lowest BCUT2D eigenvalue weighted by Crippen LogP contribution is -2.25. The number of aromatic nitrogens is 1. The molecule has 2 aromatic carbocycles. The van der Waals surface area contributed by atoms with E-state index in [9.17, 15) is 4.79 Å². The Kier molecular flexibility index (Phi) is 6.49. The van der Waals surface area contributed by atoms with E-state index >= 15 is 0 Å². The molecule has 138 valence electrons. The van der Waals surface area contributed by atoms with Gasteiger partial charge in [-0.25, -0.2) is 4.98 Å². The van der Waals surface area contributed by atoms with Crippen LogP contribution >= 0.6 is 11.8 Å². The number of nitrogens with zero attached hydrogens (tertiary/aromatic N) is 2. The smallest absolute Gasteiger partial charge is 0.234 e. The molecule has 3 rings (SSSR count). The number of nitrogens with one attached hydrogen (secondary N) is 1. The molecule has 0 atom stereocenters. The van der Waals surface area contributed by atoms with Crippen molar-refractivity contribution in [1.82, 2.24) is 4.98 Å². The molecular weight excluding hydrogens is 354 g/mol. The highest BCUT2D eigenvalue weighted by Crippen LogP contribution is 2.28. The molecule has 1 amide bonds. The number of carbonyl (C=O) groups excluding carboxylic acids is 1. The van der Waals surface area contributed by atoms with Gasteiger partial charge in [-0.1, -0.05) is 36.0 Å². The van der Waals surface area contributed by atoms with Crippen molar-refractivity contribution in [3.63, 3.8) is 0 Å². The fraction of sp³-hybridized carbons (Fsp3) is 0.182. The Morgan fingerprint density at radius 1 is 0.963 bits per heavy atom. The minimum Gasteiger partial charge on any atom is -0.339 e. The molecule has 0 saturated carbocycles. The molecule has 0 bridgehead atoms. The van der Waals surface area contributed by atoms with E-state index in [1.165, 1.54) is 11.8 Å². The minimum absolute atomic E-state index is 0.0396. The molecule has 0 saturated heterocycles. The first-order valence-corrected chi connectivity index (χ1v) is 9.90. The Balaban J connectivity index is 1.63. The van der Waals surface area contributed by atoms with Crippen molar-refractivity contribution in [2.24, 2.45) is 0 Å². The summed E-state index contributed by atoms with van der Waals surface area (Å²) in [4.78, 5) is 18.6. The monoisotopic (exact) mass is 377 g/mol. The highest BCUT2D eigenvalue weighted by atomic mass is 32.2. The van der Waals surface area contributed by atoms with E-state index < -0.39 is 0 Å². The largest absolute Gasteiger partial charge is 0.339 e. The van der Waals surface area contributed by atoms with Crippen LogP contribution < -0.4 is 10.2 Å². The summed E-state index contributed by atoms with van der Waals surface area (Å²) in [5, 5.41) is 3.79. The number of hydrogen-bond acceptors (Lipinski definition) is 4. The van der Waals surface area contributed by atoms with Gasteiger partial charge in [0.1, 0.15) is 0 Å². The fourth-order valence-electron chi connectivity index (χ4n) is 2.81. The summed E-state index contributed by atoms with van der Waals surface area (Å²) in [5.74, 6) is 0.295. The maximum atomic E-state index is 12.2. The highest BCUT2D eigenvalue weighted by molar-refractivity contribution is 7.99. The lowest BCUT2D eigenvalue weighted by molar-refractivity contribution is -0.113. The first kappa shape index (κ1) is 19.0. The average Bonchev–Trinajstić information content (AvgIpc) is 2.69. The Hall–Kier alpha value is -2.79. The number of pyridine rings is 1. The van der Waals surface area contributed by atoms with Gasteiger partial charge in [-0.2, -0.15) is 0 Å². The van der Waals surface area contributed by atoms with E-state index in [2.05, 4.69) is 41.2 Å². The predicted octanol–water partition coefficient (Wildman–Crippen LogP) is 5.36. The molecule has 0 aliphatic carbocycles. The molecule has 3 aromatic rings. The first-order valence-electron chi connectivity index (χ1n) is 8.91. The van der Waals surface area contributed by atoms with E-state index in [1.807, 2.05) is 60.7 Å². The van der Waals surface area contributed by atoms with Crippen molar-refractivity contribution >= 4 is 34.7 Å². The van der Waals surface area contributed by atoms with Crippen LogP contribution in [-0.4, -0.2) is 22.7 Å². The Morgan fingerprint density at radius 3 is 2.26 bits per heavy atom. The van der Waals surface area contributed by atoms with Crippen molar-refractivity contribution in [1.29, 1.82) is 0 Å². The van der Waals surface area contributed by atoms with E-state index in [-0.39, 0.29) is 5.91 Å². The molecule has 4 nitrogen and oxygen atoms in total. The SMILES string of the molecule is CC(C)N(c1ccccc1)c1ccc(NC(=O)CSc2ccccn2)cc1. The maximum absolute atomic E-state index is 12.2. The van der Waals surface area contributed by atoms with Gasteiger partial charge in [-0.05, 0) is 62.4 Å². The van der Waals surface area contributed by atoms with Crippen molar-refractivity contribution in [2.45, 2.75) is 24.9 Å². The summed E-state index contributed by atoms with van der Waals surface area (Å²) in [6, 6.07) is 24.3. The summed E-state index contributed by atoms with van der Waals surface area (Å²) in [7, 11) is 0. The quantitative estimate of drug-likeness (QED) is 0.563. The molecule has 0 unspecified atom stereocenters. The molecule has 0 spiro atoms. The van der Waals surface area contributed by atoms with E-state index in [0.717, 1.165) is 22.1 Å². The number of hydrogen-bond donors (Lipinski definition) is 1. The summed E-state index contributed by atoms with van der Waals surface area (Å²) >= 11 is 1.43. The minimum atomic E-state index is -0.0396. The van der Waals surface area contributed by atoms with Crippen LogP contribution in [0.4, 0.5) is 17.1 Å². The van der Waals surface area contributed by atoms with Crippen molar-refractivity contribution < 1.29 is 4.79 Å². The highest BCUT2D eigenvalue weighted by Gasteiger charge is 2.13. The molecule has 5 heteroatoms. The van der Waals surface area contributed by atoms with Gasteiger partial charge in [-0.3, -0.25) is 4.79 Å². The van der Waals surface area contributed by atoms with E-state index in [1.54, 1.807) is 6.20 Å².